The monoisotopic (exact) mass is 290 g/mol. The third-order valence-corrected chi connectivity index (χ3v) is 3.52. The average molecular weight is 291 g/mol. The minimum Gasteiger partial charge on any atom is -0.456 e. The molecule has 3 heteroatoms. The van der Waals surface area contributed by atoms with Crippen molar-refractivity contribution in [2.75, 3.05) is 0 Å². The van der Waals surface area contributed by atoms with Crippen LogP contribution in [0.5, 0.6) is 11.5 Å². The van der Waals surface area contributed by atoms with Crippen LogP contribution in [0.1, 0.15) is 36.1 Å². The van der Waals surface area contributed by atoms with Crippen molar-refractivity contribution in [1.29, 1.82) is 0 Å². The first-order valence-corrected chi connectivity index (χ1v) is 7.12. The van der Waals surface area contributed by atoms with Crippen molar-refractivity contribution in [3.63, 3.8) is 0 Å². The molecule has 1 N–H and O–H groups in total. The number of hydrogen-bond donors (Lipinski definition) is 1. The highest BCUT2D eigenvalue weighted by Gasteiger charge is 2.14. The summed E-state index contributed by atoms with van der Waals surface area (Å²) in [6, 6.07) is 11.3. The van der Waals surface area contributed by atoms with Gasteiger partial charge < -0.3 is 9.84 Å². The van der Waals surface area contributed by atoms with Gasteiger partial charge in [0.25, 0.3) is 0 Å². The van der Waals surface area contributed by atoms with Crippen molar-refractivity contribution in [3.8, 4) is 11.5 Å². The predicted octanol–water partition coefficient (Wildman–Crippen LogP) is 5.19. The largest absolute Gasteiger partial charge is 0.456 e. The minimum atomic E-state index is -0.515. The average Bonchev–Trinajstić information content (AvgIpc) is 2.42. The molecule has 0 saturated heterocycles. The maximum Gasteiger partial charge on any atom is 0.133 e. The molecule has 2 nitrogen and oxygen atoms in total. The molecule has 0 aliphatic heterocycles. The van der Waals surface area contributed by atoms with E-state index >= 15 is 0 Å². The fraction of sp³-hybridized carbons (Fsp3) is 0.294. The molecule has 2 aromatic rings. The van der Waals surface area contributed by atoms with Crippen molar-refractivity contribution >= 4 is 11.6 Å². The van der Waals surface area contributed by atoms with Gasteiger partial charge in [0, 0.05) is 10.6 Å². The van der Waals surface area contributed by atoms with Gasteiger partial charge in [-0.1, -0.05) is 36.7 Å². The Hall–Kier alpha value is -1.51. The van der Waals surface area contributed by atoms with Crippen molar-refractivity contribution in [2.45, 2.75) is 33.3 Å². The molecule has 106 valence electrons. The van der Waals surface area contributed by atoms with Crippen molar-refractivity contribution in [2.24, 2.45) is 0 Å². The van der Waals surface area contributed by atoms with Gasteiger partial charge in [0.05, 0.1) is 6.10 Å². The van der Waals surface area contributed by atoms with Crippen LogP contribution in [-0.4, -0.2) is 5.11 Å². The van der Waals surface area contributed by atoms with E-state index in [1.54, 1.807) is 0 Å². The molecule has 0 radical (unpaired) electrons. The molecule has 0 amide bonds. The normalized spacial score (nSPS) is 12.2. The lowest BCUT2D eigenvalue weighted by Gasteiger charge is -2.17. The van der Waals surface area contributed by atoms with Gasteiger partial charge in [-0.2, -0.15) is 0 Å². The molecular formula is C17H19ClO2. The maximum atomic E-state index is 10.1. The summed E-state index contributed by atoms with van der Waals surface area (Å²) < 4.78 is 6.03. The summed E-state index contributed by atoms with van der Waals surface area (Å²) in [4.78, 5) is 0. The van der Waals surface area contributed by atoms with Gasteiger partial charge in [0.15, 0.2) is 0 Å². The van der Waals surface area contributed by atoms with E-state index in [1.807, 2.05) is 57.2 Å². The molecule has 20 heavy (non-hydrogen) atoms. The van der Waals surface area contributed by atoms with Crippen LogP contribution in [0.25, 0.3) is 0 Å². The Morgan fingerprint density at radius 2 is 1.75 bits per heavy atom. The number of ether oxygens (including phenoxy) is 1. The number of aryl methyl sites for hydroxylation is 2. The van der Waals surface area contributed by atoms with Gasteiger partial charge in [-0.05, 0) is 49.6 Å². The second-order valence-corrected chi connectivity index (χ2v) is 5.37. The molecule has 0 aromatic heterocycles. The lowest BCUT2D eigenvalue weighted by molar-refractivity contribution is 0.170. The Morgan fingerprint density at radius 1 is 1.15 bits per heavy atom. The van der Waals surface area contributed by atoms with Crippen LogP contribution in [-0.2, 0) is 0 Å². The van der Waals surface area contributed by atoms with Crippen molar-refractivity contribution < 1.29 is 9.84 Å². The molecule has 0 unspecified atom stereocenters. The van der Waals surface area contributed by atoms with Crippen LogP contribution in [0, 0.1) is 13.8 Å². The van der Waals surface area contributed by atoms with Gasteiger partial charge >= 0.3 is 0 Å². The molecule has 0 saturated carbocycles. The van der Waals surface area contributed by atoms with E-state index in [2.05, 4.69) is 0 Å². The standard InChI is InChI=1S/C17H19ClO2/c1-4-15(19)14-7-5-6-8-16(14)20-17-11(2)9-13(18)10-12(17)3/h5-10,15,19H,4H2,1-3H3/t15-/m0/s1. The van der Waals surface area contributed by atoms with Crippen molar-refractivity contribution in [1.82, 2.24) is 0 Å². The van der Waals surface area contributed by atoms with E-state index in [9.17, 15) is 5.11 Å². The molecule has 0 spiro atoms. The van der Waals surface area contributed by atoms with Gasteiger partial charge in [-0.3, -0.25) is 0 Å². The fourth-order valence-electron chi connectivity index (χ4n) is 2.24. The first-order chi connectivity index (χ1) is 9.52. The van der Waals surface area contributed by atoms with E-state index in [4.69, 9.17) is 16.3 Å². The van der Waals surface area contributed by atoms with Crippen LogP contribution in [0.2, 0.25) is 5.02 Å². The maximum absolute atomic E-state index is 10.1. The molecule has 2 aromatic carbocycles. The number of benzene rings is 2. The third-order valence-electron chi connectivity index (χ3n) is 3.30. The van der Waals surface area contributed by atoms with E-state index in [1.165, 1.54) is 0 Å². The van der Waals surface area contributed by atoms with Gasteiger partial charge in [-0.25, -0.2) is 0 Å². The zero-order valence-electron chi connectivity index (χ0n) is 12.0. The van der Waals surface area contributed by atoms with E-state index in [0.29, 0.717) is 17.2 Å². The molecule has 2 rings (SSSR count). The molecule has 0 aliphatic rings. The van der Waals surface area contributed by atoms with Crippen LogP contribution in [0.15, 0.2) is 36.4 Å². The van der Waals surface area contributed by atoms with Crippen molar-refractivity contribution in [3.05, 3.63) is 58.1 Å². The summed E-state index contributed by atoms with van der Waals surface area (Å²) in [5.74, 6) is 1.49. The predicted molar refractivity (Wildman–Crippen MR) is 82.7 cm³/mol. The number of hydrogen-bond acceptors (Lipinski definition) is 2. The molecule has 0 heterocycles. The summed E-state index contributed by atoms with van der Waals surface area (Å²) in [5.41, 5.74) is 2.77. The van der Waals surface area contributed by atoms with E-state index in [-0.39, 0.29) is 0 Å². The highest BCUT2D eigenvalue weighted by Crippen LogP contribution is 2.35. The van der Waals surface area contributed by atoms with Crippen LogP contribution in [0.3, 0.4) is 0 Å². The van der Waals surface area contributed by atoms with Gasteiger partial charge in [0.1, 0.15) is 11.5 Å². The Bertz CT molecular complexity index is 585. The Labute approximate surface area is 125 Å². The van der Waals surface area contributed by atoms with Crippen LogP contribution in [0.4, 0.5) is 0 Å². The fourth-order valence-corrected chi connectivity index (χ4v) is 2.56. The zero-order chi connectivity index (χ0) is 14.7. The first-order valence-electron chi connectivity index (χ1n) is 6.74. The summed E-state index contributed by atoms with van der Waals surface area (Å²) in [6.07, 6.45) is 0.137. The third kappa shape index (κ3) is 3.14. The highest BCUT2D eigenvalue weighted by atomic mass is 35.5. The van der Waals surface area contributed by atoms with Gasteiger partial charge in [-0.15, -0.1) is 0 Å². The smallest absolute Gasteiger partial charge is 0.133 e. The SMILES string of the molecule is CC[C@H](O)c1ccccc1Oc1c(C)cc(Cl)cc1C. The van der Waals surface area contributed by atoms with Crippen LogP contribution >= 0.6 is 11.6 Å². The Morgan fingerprint density at radius 3 is 2.35 bits per heavy atom. The lowest BCUT2D eigenvalue weighted by Crippen LogP contribution is -2.00. The molecule has 0 fully saturated rings. The van der Waals surface area contributed by atoms with E-state index < -0.39 is 6.10 Å². The highest BCUT2D eigenvalue weighted by molar-refractivity contribution is 6.30. The Balaban J connectivity index is 2.41. The lowest BCUT2D eigenvalue weighted by atomic mass is 10.1. The molecule has 0 bridgehead atoms. The zero-order valence-corrected chi connectivity index (χ0v) is 12.7. The number of para-hydroxylation sites is 1. The second-order valence-electron chi connectivity index (χ2n) is 4.93. The van der Waals surface area contributed by atoms with Gasteiger partial charge in [0.2, 0.25) is 0 Å². The summed E-state index contributed by atoms with van der Waals surface area (Å²) in [5, 5.41) is 10.8. The topological polar surface area (TPSA) is 29.5 Å². The minimum absolute atomic E-state index is 0.515. The quantitative estimate of drug-likeness (QED) is 0.839. The molecule has 0 aliphatic carbocycles. The number of halogens is 1. The Kier molecular flexibility index (Phi) is 4.69. The first kappa shape index (κ1) is 14.9. The number of rotatable bonds is 4. The summed E-state index contributed by atoms with van der Waals surface area (Å²) in [6.45, 7) is 5.88. The molecular weight excluding hydrogens is 272 g/mol. The number of aliphatic hydroxyl groups is 1. The number of aliphatic hydroxyl groups excluding tert-OH is 1. The second kappa shape index (κ2) is 6.29. The summed E-state index contributed by atoms with van der Waals surface area (Å²) >= 11 is 6.03. The summed E-state index contributed by atoms with van der Waals surface area (Å²) in [7, 11) is 0. The van der Waals surface area contributed by atoms with E-state index in [0.717, 1.165) is 22.4 Å². The molecule has 1 atom stereocenters. The van der Waals surface area contributed by atoms with Crippen LogP contribution < -0.4 is 4.74 Å².